The normalized spacial score (nSPS) is 8.62. The number of hydrogen-bond donors (Lipinski definition) is 1. The highest BCUT2D eigenvalue weighted by molar-refractivity contribution is 6.34. The van der Waals surface area contributed by atoms with E-state index in [2.05, 4.69) is 0 Å². The Morgan fingerprint density at radius 2 is 1.92 bits per heavy atom. The van der Waals surface area contributed by atoms with Gasteiger partial charge in [-0.05, 0) is 18.6 Å². The van der Waals surface area contributed by atoms with Crippen LogP contribution in [0.1, 0.15) is 29.8 Å². The number of rotatable bonds is 1. The van der Waals surface area contributed by atoms with Crippen molar-refractivity contribution in [3.8, 4) is 0 Å². The monoisotopic (exact) mass is 199 g/mol. The number of primary amides is 1. The number of nitrogens with two attached hydrogens (primary N) is 1. The van der Waals surface area contributed by atoms with E-state index in [0.29, 0.717) is 10.6 Å². The molecule has 2 nitrogen and oxygen atoms in total. The van der Waals surface area contributed by atoms with Gasteiger partial charge in [-0.15, -0.1) is 0 Å². The number of benzene rings is 1. The molecule has 0 aliphatic carbocycles. The molecule has 0 saturated heterocycles. The summed E-state index contributed by atoms with van der Waals surface area (Å²) in [7, 11) is 0. The third-order valence-corrected chi connectivity index (χ3v) is 1.96. The molecule has 13 heavy (non-hydrogen) atoms. The molecular formula is C10H14ClNO. The molecule has 2 N–H and O–H groups in total. The van der Waals surface area contributed by atoms with Crippen molar-refractivity contribution in [2.24, 2.45) is 5.73 Å². The minimum Gasteiger partial charge on any atom is -0.366 e. The number of aryl methyl sites for hydroxylation is 1. The maximum absolute atomic E-state index is 10.7. The van der Waals surface area contributed by atoms with Gasteiger partial charge in [0.15, 0.2) is 0 Å². The summed E-state index contributed by atoms with van der Waals surface area (Å²) in [4.78, 5) is 10.7. The van der Waals surface area contributed by atoms with E-state index in [0.717, 1.165) is 5.56 Å². The standard InChI is InChI=1S/C8H8ClNO.C2H6/c1-5-3-2-4-6(7(5)9)8(10)11;1-2/h2-4H,1H3,(H2,10,11);1-2H3. The molecular weight excluding hydrogens is 186 g/mol. The third-order valence-electron chi connectivity index (χ3n) is 1.46. The Labute approximate surface area is 83.7 Å². The lowest BCUT2D eigenvalue weighted by molar-refractivity contribution is 0.100. The molecule has 1 aromatic carbocycles. The highest BCUT2D eigenvalue weighted by atomic mass is 35.5. The van der Waals surface area contributed by atoms with Crippen LogP contribution >= 0.6 is 11.6 Å². The molecule has 1 amide bonds. The Hall–Kier alpha value is -1.02. The molecule has 0 heterocycles. The van der Waals surface area contributed by atoms with Crippen LogP contribution in [-0.2, 0) is 0 Å². The van der Waals surface area contributed by atoms with Crippen LogP contribution in [0.5, 0.6) is 0 Å². The Kier molecular flexibility index (Phi) is 5.16. The van der Waals surface area contributed by atoms with Gasteiger partial charge in [0.05, 0.1) is 10.6 Å². The molecule has 0 aliphatic heterocycles. The summed E-state index contributed by atoms with van der Waals surface area (Å²) in [6.07, 6.45) is 0. The van der Waals surface area contributed by atoms with Gasteiger partial charge < -0.3 is 5.73 Å². The van der Waals surface area contributed by atoms with E-state index in [4.69, 9.17) is 17.3 Å². The minimum atomic E-state index is -0.487. The van der Waals surface area contributed by atoms with Crippen LogP contribution < -0.4 is 5.73 Å². The molecule has 0 aromatic heterocycles. The number of hydrogen-bond acceptors (Lipinski definition) is 1. The summed E-state index contributed by atoms with van der Waals surface area (Å²) < 4.78 is 0. The molecule has 0 spiro atoms. The van der Waals surface area contributed by atoms with E-state index in [1.807, 2.05) is 26.8 Å². The summed E-state index contributed by atoms with van der Waals surface area (Å²) in [6.45, 7) is 5.83. The minimum absolute atomic E-state index is 0.381. The number of carbonyl (C=O) groups is 1. The molecule has 1 aromatic rings. The second kappa shape index (κ2) is 5.60. The van der Waals surface area contributed by atoms with E-state index < -0.39 is 5.91 Å². The molecule has 0 bridgehead atoms. The van der Waals surface area contributed by atoms with Crippen LogP contribution in [0.4, 0.5) is 0 Å². The van der Waals surface area contributed by atoms with Crippen molar-refractivity contribution in [1.29, 1.82) is 0 Å². The largest absolute Gasteiger partial charge is 0.366 e. The van der Waals surface area contributed by atoms with Gasteiger partial charge in [-0.1, -0.05) is 37.6 Å². The predicted molar refractivity (Wildman–Crippen MR) is 56.1 cm³/mol. The first-order valence-corrected chi connectivity index (χ1v) is 4.55. The molecule has 0 radical (unpaired) electrons. The van der Waals surface area contributed by atoms with Crippen LogP contribution in [0.15, 0.2) is 18.2 Å². The van der Waals surface area contributed by atoms with Crippen LogP contribution in [-0.4, -0.2) is 5.91 Å². The van der Waals surface area contributed by atoms with Gasteiger partial charge >= 0.3 is 0 Å². The first-order valence-electron chi connectivity index (χ1n) is 4.18. The molecule has 72 valence electrons. The number of amides is 1. The maximum atomic E-state index is 10.7. The lowest BCUT2D eigenvalue weighted by atomic mass is 10.1. The zero-order chi connectivity index (χ0) is 10.4. The van der Waals surface area contributed by atoms with Crippen molar-refractivity contribution in [3.05, 3.63) is 34.3 Å². The third kappa shape index (κ3) is 3.07. The highest BCUT2D eigenvalue weighted by Gasteiger charge is 2.06. The summed E-state index contributed by atoms with van der Waals surface area (Å²) in [5, 5.41) is 0.444. The van der Waals surface area contributed by atoms with Gasteiger partial charge in [0, 0.05) is 0 Å². The number of halogens is 1. The van der Waals surface area contributed by atoms with E-state index in [1.54, 1.807) is 12.1 Å². The number of carbonyl (C=O) groups excluding carboxylic acids is 1. The maximum Gasteiger partial charge on any atom is 0.250 e. The SMILES string of the molecule is CC.Cc1cccc(C(N)=O)c1Cl. The molecule has 0 unspecified atom stereocenters. The average molecular weight is 200 g/mol. The first kappa shape index (κ1) is 12.0. The molecule has 0 fully saturated rings. The van der Waals surface area contributed by atoms with Gasteiger partial charge in [0.2, 0.25) is 5.91 Å². The average Bonchev–Trinajstić information content (AvgIpc) is 2.13. The fourth-order valence-corrected chi connectivity index (χ4v) is 1.06. The Balaban J connectivity index is 0.000000671. The van der Waals surface area contributed by atoms with Gasteiger partial charge in [-0.25, -0.2) is 0 Å². The fourth-order valence-electron chi connectivity index (χ4n) is 0.838. The molecule has 1 rings (SSSR count). The molecule has 3 heteroatoms. The van der Waals surface area contributed by atoms with Crippen molar-refractivity contribution in [2.45, 2.75) is 20.8 Å². The van der Waals surface area contributed by atoms with Crippen molar-refractivity contribution >= 4 is 17.5 Å². The topological polar surface area (TPSA) is 43.1 Å². The Morgan fingerprint density at radius 3 is 2.31 bits per heavy atom. The highest BCUT2D eigenvalue weighted by Crippen LogP contribution is 2.19. The molecule has 0 atom stereocenters. The smallest absolute Gasteiger partial charge is 0.250 e. The lowest BCUT2D eigenvalue weighted by Gasteiger charge is -2.00. The van der Waals surface area contributed by atoms with E-state index in [-0.39, 0.29) is 0 Å². The van der Waals surface area contributed by atoms with Crippen LogP contribution in [0.3, 0.4) is 0 Å². The van der Waals surface area contributed by atoms with Crippen molar-refractivity contribution in [3.63, 3.8) is 0 Å². The van der Waals surface area contributed by atoms with E-state index in [1.165, 1.54) is 0 Å². The molecule has 0 aliphatic rings. The summed E-state index contributed by atoms with van der Waals surface area (Å²) in [6, 6.07) is 5.19. The van der Waals surface area contributed by atoms with E-state index >= 15 is 0 Å². The quantitative estimate of drug-likeness (QED) is 0.743. The van der Waals surface area contributed by atoms with E-state index in [9.17, 15) is 4.79 Å². The fraction of sp³-hybridized carbons (Fsp3) is 0.300. The predicted octanol–water partition coefficient (Wildman–Crippen LogP) is 2.77. The van der Waals surface area contributed by atoms with Gasteiger partial charge in [-0.3, -0.25) is 4.79 Å². The zero-order valence-corrected chi connectivity index (χ0v) is 8.85. The van der Waals surface area contributed by atoms with Crippen molar-refractivity contribution in [2.75, 3.05) is 0 Å². The summed E-state index contributed by atoms with van der Waals surface area (Å²) >= 11 is 5.79. The lowest BCUT2D eigenvalue weighted by Crippen LogP contribution is -2.11. The van der Waals surface area contributed by atoms with Crippen LogP contribution in [0.2, 0.25) is 5.02 Å². The van der Waals surface area contributed by atoms with Crippen molar-refractivity contribution in [1.82, 2.24) is 0 Å². The Bertz CT molecular complexity index is 297. The van der Waals surface area contributed by atoms with Gasteiger partial charge in [0.25, 0.3) is 0 Å². The zero-order valence-electron chi connectivity index (χ0n) is 8.10. The second-order valence-corrected chi connectivity index (χ2v) is 2.68. The van der Waals surface area contributed by atoms with Gasteiger partial charge in [-0.2, -0.15) is 0 Å². The van der Waals surface area contributed by atoms with Gasteiger partial charge in [0.1, 0.15) is 0 Å². The Morgan fingerprint density at radius 1 is 1.38 bits per heavy atom. The first-order chi connectivity index (χ1) is 6.13. The molecule has 0 saturated carbocycles. The van der Waals surface area contributed by atoms with Crippen LogP contribution in [0.25, 0.3) is 0 Å². The summed E-state index contributed by atoms with van der Waals surface area (Å²) in [5.41, 5.74) is 6.31. The van der Waals surface area contributed by atoms with Crippen LogP contribution in [0, 0.1) is 6.92 Å². The van der Waals surface area contributed by atoms with Crippen molar-refractivity contribution < 1.29 is 4.79 Å². The second-order valence-electron chi connectivity index (χ2n) is 2.30. The summed E-state index contributed by atoms with van der Waals surface area (Å²) in [5.74, 6) is -0.487.